The molecule has 0 saturated heterocycles. The highest BCUT2D eigenvalue weighted by Crippen LogP contribution is 1.83. The molecule has 0 atom stereocenters. The number of hydrogen-bond acceptors (Lipinski definition) is 2. The summed E-state index contributed by atoms with van der Waals surface area (Å²) in [6.07, 6.45) is 1.06. The zero-order chi connectivity index (χ0) is 11.3. The molecule has 0 heterocycles. The van der Waals surface area contributed by atoms with E-state index in [1.807, 2.05) is 38.8 Å². The van der Waals surface area contributed by atoms with Crippen molar-refractivity contribution in [2.45, 2.75) is 13.8 Å². The van der Waals surface area contributed by atoms with Crippen LogP contribution in [0.2, 0.25) is 0 Å². The summed E-state index contributed by atoms with van der Waals surface area (Å²) < 4.78 is 0. The van der Waals surface area contributed by atoms with Gasteiger partial charge in [0.15, 0.2) is 0 Å². The minimum absolute atomic E-state index is 0. The SMILES string of the molecule is CC(C)=CC(=O)[O-].C[NH2+]C.C[NH2+]C.[Cl-]. The highest BCUT2D eigenvalue weighted by Gasteiger charge is 1.72. The molecule has 4 N–H and O–H groups in total. The predicted octanol–water partition coefficient (Wildman–Crippen LogP) is -5.67. The first-order valence-corrected chi connectivity index (χ1v) is 4.29. The normalized spacial score (nSPS) is 6.43. The molecule has 0 radical (unpaired) electrons. The van der Waals surface area contributed by atoms with Crippen LogP contribution in [0.5, 0.6) is 0 Å². The zero-order valence-electron chi connectivity index (χ0n) is 9.93. The Kier molecular flexibility index (Phi) is 38.1. The maximum Gasteiger partial charge on any atom is 0.0647 e. The number of carboxylic acids is 1. The highest BCUT2D eigenvalue weighted by molar-refractivity contribution is 5.78. The average molecular weight is 227 g/mol. The van der Waals surface area contributed by atoms with Gasteiger partial charge in [0.1, 0.15) is 0 Å². The molecular weight excluding hydrogens is 204 g/mol. The second kappa shape index (κ2) is 22.8. The number of halogens is 1. The lowest BCUT2D eigenvalue weighted by atomic mass is 10.3. The third kappa shape index (κ3) is 106. The van der Waals surface area contributed by atoms with Gasteiger partial charge in [0.25, 0.3) is 0 Å². The molecule has 0 aliphatic carbocycles. The van der Waals surface area contributed by atoms with E-state index in [1.165, 1.54) is 0 Å². The number of carbonyl (C=O) groups excluding carboxylic acids is 1. The van der Waals surface area contributed by atoms with Crippen LogP contribution in [0, 0.1) is 0 Å². The van der Waals surface area contributed by atoms with Crippen molar-refractivity contribution in [3.05, 3.63) is 11.6 Å². The van der Waals surface area contributed by atoms with Gasteiger partial charge in [0, 0.05) is 0 Å². The Morgan fingerprint density at radius 3 is 1.29 bits per heavy atom. The van der Waals surface area contributed by atoms with Crippen molar-refractivity contribution in [1.29, 1.82) is 0 Å². The fourth-order valence-electron chi connectivity index (χ4n) is 0.236. The monoisotopic (exact) mass is 226 g/mol. The van der Waals surface area contributed by atoms with Crippen molar-refractivity contribution in [3.63, 3.8) is 0 Å². The van der Waals surface area contributed by atoms with E-state index in [0.717, 1.165) is 11.6 Å². The summed E-state index contributed by atoms with van der Waals surface area (Å²) in [4.78, 5) is 9.62. The molecule has 0 saturated carbocycles. The van der Waals surface area contributed by atoms with Gasteiger partial charge in [-0.2, -0.15) is 0 Å². The van der Waals surface area contributed by atoms with E-state index in [4.69, 9.17) is 0 Å². The Labute approximate surface area is 93.2 Å². The third-order valence-electron chi connectivity index (χ3n) is 0.407. The summed E-state index contributed by atoms with van der Waals surface area (Å²) in [5.74, 6) is -1.12. The number of carboxylic acid groups (broad SMARTS) is 1. The highest BCUT2D eigenvalue weighted by atomic mass is 35.5. The van der Waals surface area contributed by atoms with Gasteiger partial charge in [0.2, 0.25) is 0 Å². The number of hydrogen-bond donors (Lipinski definition) is 2. The quantitative estimate of drug-likeness (QED) is 0.438. The van der Waals surface area contributed by atoms with Gasteiger partial charge in [-0.15, -0.1) is 0 Å². The van der Waals surface area contributed by atoms with Gasteiger partial charge in [-0.05, 0) is 19.9 Å². The van der Waals surface area contributed by atoms with Gasteiger partial charge in [-0.1, -0.05) is 5.57 Å². The lowest BCUT2D eigenvalue weighted by molar-refractivity contribution is -0.597. The smallest absolute Gasteiger partial charge is 0.0647 e. The van der Waals surface area contributed by atoms with Crippen LogP contribution in [0.4, 0.5) is 0 Å². The second-order valence-corrected chi connectivity index (χ2v) is 2.70. The van der Waals surface area contributed by atoms with Crippen molar-refractivity contribution < 1.29 is 32.9 Å². The molecule has 0 amide bonds. The van der Waals surface area contributed by atoms with Crippen LogP contribution in [0.15, 0.2) is 11.6 Å². The molecule has 0 aromatic heterocycles. The van der Waals surface area contributed by atoms with E-state index in [-0.39, 0.29) is 12.4 Å². The first-order chi connectivity index (χ1) is 5.95. The summed E-state index contributed by atoms with van der Waals surface area (Å²) in [5, 5.41) is 13.6. The third-order valence-corrected chi connectivity index (χ3v) is 0.407. The van der Waals surface area contributed by atoms with Crippen LogP contribution in [0.25, 0.3) is 0 Å². The van der Waals surface area contributed by atoms with Crippen molar-refractivity contribution in [2.24, 2.45) is 0 Å². The van der Waals surface area contributed by atoms with E-state index in [0.29, 0.717) is 0 Å². The molecule has 0 rings (SSSR count). The van der Waals surface area contributed by atoms with Gasteiger partial charge in [-0.3, -0.25) is 0 Å². The average Bonchev–Trinajstić information content (AvgIpc) is 1.86. The molecule has 14 heavy (non-hydrogen) atoms. The number of nitrogens with two attached hydrogens (primary N) is 2. The van der Waals surface area contributed by atoms with Crippen molar-refractivity contribution in [2.75, 3.05) is 28.2 Å². The summed E-state index contributed by atoms with van der Waals surface area (Å²) in [7, 11) is 8.00. The summed E-state index contributed by atoms with van der Waals surface area (Å²) in [6.45, 7) is 3.41. The van der Waals surface area contributed by atoms with E-state index in [1.54, 1.807) is 13.8 Å². The van der Waals surface area contributed by atoms with Crippen LogP contribution in [0.1, 0.15) is 13.8 Å². The zero-order valence-corrected chi connectivity index (χ0v) is 10.7. The van der Waals surface area contributed by atoms with Gasteiger partial charge < -0.3 is 32.9 Å². The number of rotatable bonds is 1. The molecule has 4 nitrogen and oxygen atoms in total. The number of aliphatic carboxylic acids is 1. The minimum atomic E-state index is -1.12. The molecule has 0 bridgehead atoms. The molecule has 0 fully saturated rings. The summed E-state index contributed by atoms with van der Waals surface area (Å²) >= 11 is 0. The van der Waals surface area contributed by atoms with Crippen molar-refractivity contribution >= 4 is 5.97 Å². The largest absolute Gasteiger partial charge is 1.00 e. The number of allylic oxidation sites excluding steroid dienone is 1. The van der Waals surface area contributed by atoms with Crippen LogP contribution >= 0.6 is 0 Å². The Bertz CT molecular complexity index is 133. The Balaban J connectivity index is -0.0000000610. The standard InChI is InChI=1S/C5H8O2.2C2H7N.ClH/c1-4(2)3-5(6)7;2*1-3-2;/h3H,1-2H3,(H,6,7);2*3H,1-2H3;1H. The second-order valence-electron chi connectivity index (χ2n) is 2.70. The fraction of sp³-hybridized carbons (Fsp3) is 0.667. The number of quaternary nitrogens is 2. The summed E-state index contributed by atoms with van der Waals surface area (Å²) in [6, 6.07) is 0. The van der Waals surface area contributed by atoms with E-state index >= 15 is 0 Å². The molecular formula is C9H23ClN2O2. The van der Waals surface area contributed by atoms with Gasteiger partial charge >= 0.3 is 0 Å². The van der Waals surface area contributed by atoms with Gasteiger partial charge in [-0.25, -0.2) is 0 Å². The molecule has 0 aliphatic rings. The van der Waals surface area contributed by atoms with Crippen molar-refractivity contribution in [1.82, 2.24) is 0 Å². The van der Waals surface area contributed by atoms with Crippen LogP contribution in [-0.2, 0) is 4.79 Å². The first-order valence-electron chi connectivity index (χ1n) is 4.29. The molecule has 0 aliphatic heterocycles. The Morgan fingerprint density at radius 2 is 1.29 bits per heavy atom. The molecule has 5 heteroatoms. The fourth-order valence-corrected chi connectivity index (χ4v) is 0.236. The van der Waals surface area contributed by atoms with E-state index in [9.17, 15) is 9.90 Å². The maximum absolute atomic E-state index is 9.62. The Morgan fingerprint density at radius 1 is 1.07 bits per heavy atom. The maximum atomic E-state index is 9.62. The Hall–Kier alpha value is -0.580. The predicted molar refractivity (Wildman–Crippen MR) is 52.0 cm³/mol. The van der Waals surface area contributed by atoms with E-state index < -0.39 is 5.97 Å². The van der Waals surface area contributed by atoms with Crippen LogP contribution in [0.3, 0.4) is 0 Å². The lowest BCUT2D eigenvalue weighted by Gasteiger charge is -1.89. The van der Waals surface area contributed by atoms with E-state index in [2.05, 4.69) is 0 Å². The summed E-state index contributed by atoms with van der Waals surface area (Å²) in [5.41, 5.74) is 0.750. The molecule has 0 aromatic carbocycles. The van der Waals surface area contributed by atoms with Crippen molar-refractivity contribution in [3.8, 4) is 0 Å². The number of carbonyl (C=O) groups is 1. The molecule has 0 unspecified atom stereocenters. The first kappa shape index (κ1) is 23.3. The topological polar surface area (TPSA) is 73.3 Å². The lowest BCUT2D eigenvalue weighted by Crippen LogP contribution is -3.00. The van der Waals surface area contributed by atoms with Crippen LogP contribution < -0.4 is 28.1 Å². The molecule has 0 spiro atoms. The minimum Gasteiger partial charge on any atom is -1.00 e. The van der Waals surface area contributed by atoms with Crippen LogP contribution in [-0.4, -0.2) is 34.2 Å². The molecule has 0 aromatic rings. The van der Waals surface area contributed by atoms with Gasteiger partial charge in [0.05, 0.1) is 34.2 Å². The molecule has 88 valence electrons.